The van der Waals surface area contributed by atoms with E-state index in [4.69, 9.17) is 0 Å². The van der Waals surface area contributed by atoms with Gasteiger partial charge in [0.05, 0.1) is 40.4 Å². The fourth-order valence-corrected chi connectivity index (χ4v) is 4.41. The van der Waals surface area contributed by atoms with Crippen molar-refractivity contribution in [3.8, 4) is 0 Å². The number of nitrogens with one attached hydrogen (secondary N) is 1. The largest absolute Gasteiger partial charge is 0.319 e. The third kappa shape index (κ3) is 4.01. The van der Waals surface area contributed by atoms with Gasteiger partial charge in [0.25, 0.3) is 17.7 Å². The summed E-state index contributed by atoms with van der Waals surface area (Å²) < 4.78 is 1.87. The van der Waals surface area contributed by atoms with Gasteiger partial charge in [0, 0.05) is 5.56 Å². The minimum absolute atomic E-state index is 0.337. The highest BCUT2D eigenvalue weighted by Gasteiger charge is 2.36. The summed E-state index contributed by atoms with van der Waals surface area (Å²) in [4.78, 5) is 39.9. The lowest BCUT2D eigenvalue weighted by Gasteiger charge is -2.15. The molecule has 4 aromatic rings. The average Bonchev–Trinajstić information content (AvgIpc) is 3.26. The second-order valence-electron chi connectivity index (χ2n) is 8.69. The molecule has 0 spiro atoms. The van der Waals surface area contributed by atoms with E-state index in [1.807, 2.05) is 43.7 Å². The molecular weight excluding hydrogens is 440 g/mol. The Balaban J connectivity index is 1.38. The molecule has 0 unspecified atom stereocenters. The molecule has 0 saturated carbocycles. The number of aryl methyl sites for hydroxylation is 2. The average molecular weight is 465 g/mol. The van der Waals surface area contributed by atoms with Gasteiger partial charge in [0.2, 0.25) is 0 Å². The molecule has 0 aliphatic carbocycles. The second-order valence-corrected chi connectivity index (χ2v) is 8.69. The summed E-state index contributed by atoms with van der Waals surface area (Å²) >= 11 is 0. The van der Waals surface area contributed by atoms with Crippen LogP contribution in [-0.2, 0) is 6.54 Å². The highest BCUT2D eigenvalue weighted by molar-refractivity contribution is 6.34. The van der Waals surface area contributed by atoms with Gasteiger partial charge in [-0.1, -0.05) is 48.0 Å². The van der Waals surface area contributed by atoms with Crippen LogP contribution in [0.15, 0.2) is 72.8 Å². The van der Waals surface area contributed by atoms with Crippen LogP contribution in [0.4, 0.5) is 11.4 Å². The summed E-state index contributed by atoms with van der Waals surface area (Å²) in [5.41, 5.74) is 5.91. The molecule has 1 aliphatic rings. The summed E-state index contributed by atoms with van der Waals surface area (Å²) in [6, 6.07) is 21.4. The zero-order chi connectivity index (χ0) is 24.7. The zero-order valence-corrected chi connectivity index (χ0v) is 19.7. The molecule has 174 valence electrons. The number of carbonyl (C=O) groups excluding carboxylic acids is 3. The van der Waals surface area contributed by atoms with Crippen LogP contribution in [-0.4, -0.2) is 27.5 Å². The van der Waals surface area contributed by atoms with E-state index in [1.54, 1.807) is 48.5 Å². The van der Waals surface area contributed by atoms with Crippen molar-refractivity contribution in [2.75, 3.05) is 10.2 Å². The molecule has 3 aromatic carbocycles. The van der Waals surface area contributed by atoms with E-state index < -0.39 is 11.8 Å². The number of anilines is 2. The summed E-state index contributed by atoms with van der Waals surface area (Å²) in [5, 5.41) is 7.57. The number of imide groups is 1. The fourth-order valence-electron chi connectivity index (χ4n) is 4.41. The Morgan fingerprint density at radius 3 is 2.23 bits per heavy atom. The molecule has 0 fully saturated rings. The van der Waals surface area contributed by atoms with Crippen molar-refractivity contribution >= 4 is 29.1 Å². The van der Waals surface area contributed by atoms with Crippen LogP contribution in [0.3, 0.4) is 0 Å². The van der Waals surface area contributed by atoms with Gasteiger partial charge in [0.1, 0.15) is 0 Å². The van der Waals surface area contributed by atoms with Gasteiger partial charge in [-0.15, -0.1) is 0 Å². The van der Waals surface area contributed by atoms with Crippen LogP contribution in [0.2, 0.25) is 0 Å². The van der Waals surface area contributed by atoms with Crippen molar-refractivity contribution in [1.82, 2.24) is 9.78 Å². The molecule has 3 amide bonds. The summed E-state index contributed by atoms with van der Waals surface area (Å²) in [7, 11) is 0. The van der Waals surface area contributed by atoms with Gasteiger partial charge in [-0.25, -0.2) is 4.90 Å². The molecule has 0 atom stereocenters. The van der Waals surface area contributed by atoms with Gasteiger partial charge in [-0.2, -0.15) is 5.10 Å². The fraction of sp³-hybridized carbons (Fsp3) is 0.143. The third-order valence-corrected chi connectivity index (χ3v) is 6.20. The number of rotatable bonds is 5. The van der Waals surface area contributed by atoms with E-state index >= 15 is 0 Å². The van der Waals surface area contributed by atoms with E-state index in [-0.39, 0.29) is 5.91 Å². The van der Waals surface area contributed by atoms with E-state index in [9.17, 15) is 14.4 Å². The van der Waals surface area contributed by atoms with Crippen molar-refractivity contribution in [1.29, 1.82) is 0 Å². The van der Waals surface area contributed by atoms with E-state index in [2.05, 4.69) is 16.5 Å². The first-order valence-corrected chi connectivity index (χ1v) is 11.3. The second kappa shape index (κ2) is 8.68. The summed E-state index contributed by atoms with van der Waals surface area (Å²) in [6.45, 7) is 6.41. The third-order valence-electron chi connectivity index (χ3n) is 6.20. The lowest BCUT2D eigenvalue weighted by atomic mass is 10.1. The first-order valence-electron chi connectivity index (χ1n) is 11.3. The van der Waals surface area contributed by atoms with E-state index in [0.717, 1.165) is 16.2 Å². The molecule has 5 rings (SSSR count). The quantitative estimate of drug-likeness (QED) is 0.426. The number of amides is 3. The summed E-state index contributed by atoms with van der Waals surface area (Å²) in [5.74, 6) is -1.13. The van der Waals surface area contributed by atoms with Gasteiger partial charge in [0.15, 0.2) is 0 Å². The van der Waals surface area contributed by atoms with Gasteiger partial charge in [-0.3, -0.25) is 19.1 Å². The molecule has 0 radical (unpaired) electrons. The molecule has 2 heterocycles. The van der Waals surface area contributed by atoms with Crippen molar-refractivity contribution in [3.05, 3.63) is 112 Å². The number of aromatic nitrogens is 2. The number of fused-ring (bicyclic) bond motifs is 1. The highest BCUT2D eigenvalue weighted by atomic mass is 16.2. The van der Waals surface area contributed by atoms with Crippen molar-refractivity contribution < 1.29 is 14.4 Å². The van der Waals surface area contributed by atoms with Gasteiger partial charge >= 0.3 is 0 Å². The number of hydrogen-bond acceptors (Lipinski definition) is 4. The number of nitrogens with zero attached hydrogens (tertiary/aromatic N) is 3. The predicted octanol–water partition coefficient (Wildman–Crippen LogP) is 4.91. The molecule has 1 aromatic heterocycles. The Bertz CT molecular complexity index is 1470. The lowest BCUT2D eigenvalue weighted by Crippen LogP contribution is -2.29. The van der Waals surface area contributed by atoms with E-state index in [1.165, 1.54) is 5.56 Å². The Morgan fingerprint density at radius 1 is 0.857 bits per heavy atom. The Kier molecular flexibility index (Phi) is 5.53. The van der Waals surface area contributed by atoms with Crippen LogP contribution in [0, 0.1) is 20.8 Å². The number of hydrogen-bond donors (Lipinski definition) is 1. The minimum Gasteiger partial charge on any atom is -0.319 e. The van der Waals surface area contributed by atoms with Crippen molar-refractivity contribution in [2.24, 2.45) is 0 Å². The number of benzene rings is 3. The van der Waals surface area contributed by atoms with Gasteiger partial charge < -0.3 is 5.32 Å². The smallest absolute Gasteiger partial charge is 0.266 e. The molecule has 35 heavy (non-hydrogen) atoms. The van der Waals surface area contributed by atoms with Gasteiger partial charge in [-0.05, 0) is 56.7 Å². The topological polar surface area (TPSA) is 84.3 Å². The SMILES string of the molecule is Cc1cccc(Cn2nc(C)c(NC(=O)c3cccc(N4C(=O)c5ccccc5C4=O)c3)c2C)c1. The molecular formula is C28H24N4O3. The van der Waals surface area contributed by atoms with E-state index in [0.29, 0.717) is 40.3 Å². The molecule has 1 aliphatic heterocycles. The minimum atomic E-state index is -0.396. The Hall–Kier alpha value is -4.52. The predicted molar refractivity (Wildman–Crippen MR) is 134 cm³/mol. The van der Waals surface area contributed by atoms with Crippen LogP contribution >= 0.6 is 0 Å². The normalized spacial score (nSPS) is 12.7. The molecule has 7 nitrogen and oxygen atoms in total. The Morgan fingerprint density at radius 2 is 1.54 bits per heavy atom. The zero-order valence-electron chi connectivity index (χ0n) is 19.7. The first kappa shape index (κ1) is 22.3. The standard InChI is InChI=1S/C28H24N4O3/c1-17-8-6-9-20(14-17)16-31-19(3)25(18(2)30-31)29-26(33)21-10-7-11-22(15-21)32-27(34)23-12-4-5-13-24(23)28(32)35/h4-15H,16H2,1-3H3,(H,29,33). The van der Waals surface area contributed by atoms with Crippen LogP contribution in [0.1, 0.15) is 53.6 Å². The monoisotopic (exact) mass is 464 g/mol. The van der Waals surface area contributed by atoms with Crippen LogP contribution < -0.4 is 10.2 Å². The van der Waals surface area contributed by atoms with Crippen LogP contribution in [0.25, 0.3) is 0 Å². The Labute approximate surface area is 203 Å². The lowest BCUT2D eigenvalue weighted by molar-refractivity contribution is 0.0924. The molecule has 0 saturated heterocycles. The first-order chi connectivity index (χ1) is 16.8. The maximum Gasteiger partial charge on any atom is 0.266 e. The molecule has 1 N–H and O–H groups in total. The van der Waals surface area contributed by atoms with Crippen LogP contribution in [0.5, 0.6) is 0 Å². The van der Waals surface area contributed by atoms with Crippen molar-refractivity contribution in [2.45, 2.75) is 27.3 Å². The highest BCUT2D eigenvalue weighted by Crippen LogP contribution is 2.29. The number of carbonyl (C=O) groups is 3. The molecule has 0 bridgehead atoms. The maximum absolute atomic E-state index is 13.1. The maximum atomic E-state index is 13.1. The van der Waals surface area contributed by atoms with Crippen molar-refractivity contribution in [3.63, 3.8) is 0 Å². The molecule has 7 heteroatoms. The summed E-state index contributed by atoms with van der Waals surface area (Å²) in [6.07, 6.45) is 0.